The lowest BCUT2D eigenvalue weighted by molar-refractivity contribution is 0.196. The summed E-state index contributed by atoms with van der Waals surface area (Å²) in [6.07, 6.45) is 1.03. The summed E-state index contributed by atoms with van der Waals surface area (Å²) in [5.41, 5.74) is 0. The number of halogens is 1. The van der Waals surface area contributed by atoms with Crippen molar-refractivity contribution in [3.63, 3.8) is 0 Å². The van der Waals surface area contributed by atoms with E-state index in [0.29, 0.717) is 0 Å². The second-order valence-corrected chi connectivity index (χ2v) is 6.70. The van der Waals surface area contributed by atoms with Gasteiger partial charge in [0, 0.05) is 24.5 Å². The third-order valence-electron chi connectivity index (χ3n) is 3.37. The first-order valence-corrected chi connectivity index (χ1v) is 7.75. The second-order valence-electron chi connectivity index (χ2n) is 4.96. The Morgan fingerprint density at radius 1 is 1.37 bits per heavy atom. The minimum absolute atomic E-state index is 0.00554. The van der Waals surface area contributed by atoms with Gasteiger partial charge in [-0.3, -0.25) is 0 Å². The molecule has 19 heavy (non-hydrogen) atoms. The summed E-state index contributed by atoms with van der Waals surface area (Å²) in [6, 6.07) is 3.86. The molecule has 6 heteroatoms. The highest BCUT2D eigenvalue weighted by molar-refractivity contribution is 7.16. The largest absolute Gasteiger partial charge is 0.331 e. The van der Waals surface area contributed by atoms with Crippen molar-refractivity contribution in [1.82, 2.24) is 15.1 Å². The fourth-order valence-corrected chi connectivity index (χ4v) is 3.22. The maximum Gasteiger partial charge on any atom is 0.317 e. The van der Waals surface area contributed by atoms with Crippen LogP contribution in [0.25, 0.3) is 0 Å². The molecule has 0 saturated carbocycles. The van der Waals surface area contributed by atoms with Gasteiger partial charge in [-0.25, -0.2) is 4.79 Å². The Morgan fingerprint density at radius 2 is 2.16 bits per heavy atom. The maximum atomic E-state index is 12.2. The van der Waals surface area contributed by atoms with Gasteiger partial charge in [-0.2, -0.15) is 0 Å². The van der Waals surface area contributed by atoms with E-state index in [0.717, 1.165) is 41.8 Å². The summed E-state index contributed by atoms with van der Waals surface area (Å²) in [5.74, 6) is 0. The Balaban J connectivity index is 1.89. The van der Waals surface area contributed by atoms with Gasteiger partial charge < -0.3 is 15.1 Å². The quantitative estimate of drug-likeness (QED) is 0.912. The van der Waals surface area contributed by atoms with Gasteiger partial charge in [0.1, 0.15) is 0 Å². The monoisotopic (exact) mass is 301 g/mol. The van der Waals surface area contributed by atoms with Crippen LogP contribution in [0.1, 0.15) is 24.3 Å². The van der Waals surface area contributed by atoms with Crippen LogP contribution in [0.15, 0.2) is 12.1 Å². The van der Waals surface area contributed by atoms with Crippen molar-refractivity contribution in [2.45, 2.75) is 19.4 Å². The molecule has 0 aliphatic carbocycles. The zero-order valence-electron chi connectivity index (χ0n) is 11.4. The van der Waals surface area contributed by atoms with Crippen LogP contribution in [-0.4, -0.2) is 49.1 Å². The van der Waals surface area contributed by atoms with E-state index < -0.39 is 0 Å². The topological polar surface area (TPSA) is 35.6 Å². The Bertz CT molecular complexity index is 437. The second kappa shape index (κ2) is 6.59. The third-order valence-corrected chi connectivity index (χ3v) is 4.78. The standard InChI is InChI=1S/C13H20ClN3OS/c1-10(11-4-5-12(14)19-11)15-13(18)17-7-3-6-16(2)8-9-17/h4-5,10H,3,6-9H2,1-2H3,(H,15,18)/t10-/m0/s1. The van der Waals surface area contributed by atoms with Crippen molar-refractivity contribution in [3.8, 4) is 0 Å². The van der Waals surface area contributed by atoms with Gasteiger partial charge in [0.25, 0.3) is 0 Å². The summed E-state index contributed by atoms with van der Waals surface area (Å²) < 4.78 is 0.757. The summed E-state index contributed by atoms with van der Waals surface area (Å²) >= 11 is 7.43. The van der Waals surface area contributed by atoms with Crippen molar-refractivity contribution in [2.24, 2.45) is 0 Å². The Hall–Kier alpha value is -0.780. The van der Waals surface area contributed by atoms with Crippen molar-refractivity contribution >= 4 is 29.0 Å². The number of carbonyl (C=O) groups excluding carboxylic acids is 1. The van der Waals surface area contributed by atoms with E-state index in [-0.39, 0.29) is 12.1 Å². The smallest absolute Gasteiger partial charge is 0.317 e. The molecule has 2 rings (SSSR count). The Kier molecular flexibility index (Phi) is 5.07. The SMILES string of the molecule is C[C@H](NC(=O)N1CCCN(C)CC1)c1ccc(Cl)s1. The van der Waals surface area contributed by atoms with Crippen LogP contribution in [0, 0.1) is 0 Å². The lowest BCUT2D eigenvalue weighted by atomic mass is 10.3. The van der Waals surface area contributed by atoms with Gasteiger partial charge in [-0.05, 0) is 39.1 Å². The molecule has 1 saturated heterocycles. The van der Waals surface area contributed by atoms with Crippen LogP contribution in [0.5, 0.6) is 0 Å². The molecule has 0 bridgehead atoms. The molecular formula is C13H20ClN3OS. The first kappa shape index (κ1) is 14.6. The van der Waals surface area contributed by atoms with Gasteiger partial charge in [0.05, 0.1) is 10.4 Å². The van der Waals surface area contributed by atoms with Crippen molar-refractivity contribution < 1.29 is 4.79 Å². The molecule has 1 aromatic heterocycles. The van der Waals surface area contributed by atoms with E-state index >= 15 is 0 Å². The normalized spacial score (nSPS) is 19.0. The summed E-state index contributed by atoms with van der Waals surface area (Å²) in [4.78, 5) is 17.5. The number of thiophene rings is 1. The predicted octanol–water partition coefficient (Wildman–Crippen LogP) is 2.81. The first-order chi connectivity index (χ1) is 9.06. The summed E-state index contributed by atoms with van der Waals surface area (Å²) in [6.45, 7) is 5.60. The Morgan fingerprint density at radius 3 is 2.84 bits per heavy atom. The lowest BCUT2D eigenvalue weighted by Crippen LogP contribution is -2.42. The molecule has 1 fully saturated rings. The van der Waals surface area contributed by atoms with E-state index in [9.17, 15) is 4.79 Å². The number of rotatable bonds is 2. The number of nitrogens with zero attached hydrogens (tertiary/aromatic N) is 2. The number of urea groups is 1. The molecule has 0 aromatic carbocycles. The molecule has 2 amide bonds. The highest BCUT2D eigenvalue weighted by Gasteiger charge is 2.19. The number of likely N-dealkylation sites (N-methyl/N-ethyl adjacent to an activating group) is 1. The van der Waals surface area contributed by atoms with E-state index in [1.165, 1.54) is 11.3 Å². The van der Waals surface area contributed by atoms with Crippen molar-refractivity contribution in [1.29, 1.82) is 0 Å². The zero-order valence-corrected chi connectivity index (χ0v) is 12.9. The van der Waals surface area contributed by atoms with E-state index in [1.807, 2.05) is 24.0 Å². The van der Waals surface area contributed by atoms with Gasteiger partial charge in [0.15, 0.2) is 0 Å². The van der Waals surface area contributed by atoms with Gasteiger partial charge in [0.2, 0.25) is 0 Å². The molecule has 0 spiro atoms. The average molecular weight is 302 g/mol. The van der Waals surface area contributed by atoms with Crippen LogP contribution >= 0.6 is 22.9 Å². The van der Waals surface area contributed by atoms with Gasteiger partial charge in [-0.1, -0.05) is 11.6 Å². The molecule has 2 heterocycles. The predicted molar refractivity (Wildman–Crippen MR) is 80.0 cm³/mol. The number of carbonyl (C=O) groups is 1. The third kappa shape index (κ3) is 4.09. The first-order valence-electron chi connectivity index (χ1n) is 6.55. The maximum absolute atomic E-state index is 12.2. The Labute approximate surface area is 123 Å². The number of amides is 2. The molecule has 106 valence electrons. The van der Waals surface area contributed by atoms with Crippen molar-refractivity contribution in [2.75, 3.05) is 33.2 Å². The van der Waals surface area contributed by atoms with Crippen LogP contribution in [0.2, 0.25) is 4.34 Å². The lowest BCUT2D eigenvalue weighted by Gasteiger charge is -2.23. The van der Waals surface area contributed by atoms with Crippen LogP contribution in [0.4, 0.5) is 4.79 Å². The fourth-order valence-electron chi connectivity index (χ4n) is 2.16. The van der Waals surface area contributed by atoms with Crippen molar-refractivity contribution in [3.05, 3.63) is 21.3 Å². The van der Waals surface area contributed by atoms with Crippen LogP contribution in [0.3, 0.4) is 0 Å². The van der Waals surface area contributed by atoms with E-state index in [1.54, 1.807) is 0 Å². The number of hydrogen-bond donors (Lipinski definition) is 1. The number of hydrogen-bond acceptors (Lipinski definition) is 3. The average Bonchev–Trinajstić information content (AvgIpc) is 2.68. The summed E-state index contributed by atoms with van der Waals surface area (Å²) in [5, 5.41) is 3.04. The molecule has 1 aromatic rings. The van der Waals surface area contributed by atoms with E-state index in [2.05, 4.69) is 17.3 Å². The van der Waals surface area contributed by atoms with Gasteiger partial charge in [-0.15, -0.1) is 11.3 Å². The molecule has 1 aliphatic rings. The highest BCUT2D eigenvalue weighted by Crippen LogP contribution is 2.26. The summed E-state index contributed by atoms with van der Waals surface area (Å²) in [7, 11) is 2.09. The fraction of sp³-hybridized carbons (Fsp3) is 0.615. The zero-order chi connectivity index (χ0) is 13.8. The molecule has 4 nitrogen and oxygen atoms in total. The molecule has 0 unspecified atom stereocenters. The molecule has 1 aliphatic heterocycles. The van der Waals surface area contributed by atoms with Gasteiger partial charge >= 0.3 is 6.03 Å². The minimum Gasteiger partial charge on any atom is -0.331 e. The molecule has 1 atom stereocenters. The van der Waals surface area contributed by atoms with Crippen LogP contribution < -0.4 is 5.32 Å². The van der Waals surface area contributed by atoms with Crippen LogP contribution in [-0.2, 0) is 0 Å². The molecular weight excluding hydrogens is 282 g/mol. The number of nitrogens with one attached hydrogen (secondary N) is 1. The highest BCUT2D eigenvalue weighted by atomic mass is 35.5. The minimum atomic E-state index is 0.00554. The van der Waals surface area contributed by atoms with E-state index in [4.69, 9.17) is 11.6 Å². The molecule has 1 N–H and O–H groups in total. The molecule has 0 radical (unpaired) electrons.